The van der Waals surface area contributed by atoms with Gasteiger partial charge in [-0.25, -0.2) is 13.2 Å². The van der Waals surface area contributed by atoms with Crippen LogP contribution in [0.15, 0.2) is 29.2 Å². The summed E-state index contributed by atoms with van der Waals surface area (Å²) < 4.78 is 36.5. The second kappa shape index (κ2) is 7.76. The van der Waals surface area contributed by atoms with Crippen LogP contribution in [0.1, 0.15) is 36.5 Å². The predicted octanol–water partition coefficient (Wildman–Crippen LogP) is 1.58. The van der Waals surface area contributed by atoms with Crippen LogP contribution in [0, 0.1) is 0 Å². The van der Waals surface area contributed by atoms with Crippen LogP contribution >= 0.6 is 0 Å². The van der Waals surface area contributed by atoms with Gasteiger partial charge in [0, 0.05) is 6.54 Å². The van der Waals surface area contributed by atoms with Crippen molar-refractivity contribution in [3.05, 3.63) is 29.8 Å². The van der Waals surface area contributed by atoms with E-state index in [0.717, 1.165) is 6.42 Å². The van der Waals surface area contributed by atoms with E-state index in [4.69, 9.17) is 4.74 Å². The zero-order valence-electron chi connectivity index (χ0n) is 13.7. The third-order valence-electron chi connectivity index (χ3n) is 3.89. The Labute approximate surface area is 141 Å². The van der Waals surface area contributed by atoms with Gasteiger partial charge in [0.25, 0.3) is 0 Å². The van der Waals surface area contributed by atoms with E-state index in [1.54, 1.807) is 6.92 Å². The van der Waals surface area contributed by atoms with Gasteiger partial charge in [-0.1, -0.05) is 0 Å². The third-order valence-corrected chi connectivity index (χ3v) is 5.82. The Morgan fingerprint density at radius 2 is 1.88 bits per heavy atom. The predicted molar refractivity (Wildman–Crippen MR) is 85.9 cm³/mol. The number of sulfonamides is 1. The van der Waals surface area contributed by atoms with E-state index < -0.39 is 28.0 Å². The molecule has 1 aromatic rings. The molecular formula is C16H21NO6S. The molecule has 0 N–H and O–H groups in total. The highest BCUT2D eigenvalue weighted by Gasteiger charge is 2.38. The zero-order chi connectivity index (χ0) is 17.7. The first kappa shape index (κ1) is 18.4. The number of hydrogen-bond donors (Lipinski definition) is 0. The molecule has 1 aromatic carbocycles. The van der Waals surface area contributed by atoms with Crippen molar-refractivity contribution in [2.75, 3.05) is 20.3 Å². The van der Waals surface area contributed by atoms with Gasteiger partial charge in [0.1, 0.15) is 6.04 Å². The lowest BCUT2D eigenvalue weighted by Gasteiger charge is -2.32. The molecule has 0 unspecified atom stereocenters. The number of carbonyl (C=O) groups is 2. The molecule has 7 nitrogen and oxygen atoms in total. The molecule has 1 saturated heterocycles. The summed E-state index contributed by atoms with van der Waals surface area (Å²) in [4.78, 5) is 23.6. The van der Waals surface area contributed by atoms with Crippen LogP contribution in [0.25, 0.3) is 0 Å². The lowest BCUT2D eigenvalue weighted by atomic mass is 10.1. The standard InChI is InChI=1S/C16H21NO6S/c1-3-23-16(19)14-6-4-5-11-17(14)24(20,21)13-9-7-12(8-10-13)15(18)22-2/h7-10,14H,3-6,11H2,1-2H3/t14-/m1/s1. The number of esters is 2. The van der Waals surface area contributed by atoms with Crippen LogP contribution in [0.4, 0.5) is 0 Å². The van der Waals surface area contributed by atoms with Crippen molar-refractivity contribution in [1.82, 2.24) is 4.31 Å². The lowest BCUT2D eigenvalue weighted by Crippen LogP contribution is -2.48. The number of methoxy groups -OCH3 is 1. The molecule has 1 fully saturated rings. The molecular weight excluding hydrogens is 334 g/mol. The molecule has 0 aromatic heterocycles. The number of benzene rings is 1. The maximum Gasteiger partial charge on any atom is 0.337 e. The van der Waals surface area contributed by atoms with E-state index in [1.165, 1.54) is 35.7 Å². The van der Waals surface area contributed by atoms with E-state index in [2.05, 4.69) is 4.74 Å². The fourth-order valence-electron chi connectivity index (χ4n) is 2.68. The summed E-state index contributed by atoms with van der Waals surface area (Å²) in [5, 5.41) is 0. The van der Waals surface area contributed by atoms with Crippen molar-refractivity contribution in [2.24, 2.45) is 0 Å². The van der Waals surface area contributed by atoms with E-state index in [9.17, 15) is 18.0 Å². The average Bonchev–Trinajstić information content (AvgIpc) is 2.61. The Kier molecular flexibility index (Phi) is 5.95. The van der Waals surface area contributed by atoms with Crippen molar-refractivity contribution in [3.63, 3.8) is 0 Å². The van der Waals surface area contributed by atoms with Gasteiger partial charge in [-0.3, -0.25) is 4.79 Å². The van der Waals surface area contributed by atoms with Crippen molar-refractivity contribution >= 4 is 22.0 Å². The maximum absolute atomic E-state index is 12.9. The first-order chi connectivity index (χ1) is 11.4. The second-order valence-corrected chi connectivity index (χ2v) is 7.29. The third kappa shape index (κ3) is 3.76. The normalized spacial score (nSPS) is 18.8. The highest BCUT2D eigenvalue weighted by Crippen LogP contribution is 2.26. The summed E-state index contributed by atoms with van der Waals surface area (Å²) in [5.74, 6) is -1.06. The van der Waals surface area contributed by atoms with Crippen LogP contribution in [0.3, 0.4) is 0 Å². The van der Waals surface area contributed by atoms with Gasteiger partial charge in [0.2, 0.25) is 10.0 Å². The van der Waals surface area contributed by atoms with Gasteiger partial charge in [-0.15, -0.1) is 0 Å². The molecule has 0 spiro atoms. The molecule has 8 heteroatoms. The molecule has 2 rings (SSSR count). The number of nitrogens with zero attached hydrogens (tertiary/aromatic N) is 1. The van der Waals surface area contributed by atoms with Crippen molar-refractivity contribution in [1.29, 1.82) is 0 Å². The van der Waals surface area contributed by atoms with Crippen LogP contribution in [0.5, 0.6) is 0 Å². The van der Waals surface area contributed by atoms with Crippen LogP contribution in [-0.2, 0) is 24.3 Å². The molecule has 1 atom stereocenters. The van der Waals surface area contributed by atoms with E-state index in [-0.39, 0.29) is 23.6 Å². The van der Waals surface area contributed by atoms with E-state index in [1.807, 2.05) is 0 Å². The Morgan fingerprint density at radius 1 is 1.21 bits per heavy atom. The average molecular weight is 355 g/mol. The summed E-state index contributed by atoms with van der Waals surface area (Å²) in [5.41, 5.74) is 0.261. The molecule has 0 saturated carbocycles. The topological polar surface area (TPSA) is 90.0 Å². The highest BCUT2D eigenvalue weighted by molar-refractivity contribution is 7.89. The van der Waals surface area contributed by atoms with Crippen molar-refractivity contribution in [3.8, 4) is 0 Å². The van der Waals surface area contributed by atoms with Gasteiger partial charge >= 0.3 is 11.9 Å². The first-order valence-corrected chi connectivity index (χ1v) is 9.22. The SMILES string of the molecule is CCOC(=O)[C@H]1CCCCN1S(=O)(=O)c1ccc(C(=O)OC)cc1. The van der Waals surface area contributed by atoms with Gasteiger partial charge in [-0.2, -0.15) is 4.31 Å². The number of ether oxygens (including phenoxy) is 2. The molecule has 1 aliphatic heterocycles. The Hall–Kier alpha value is -1.93. The molecule has 132 valence electrons. The van der Waals surface area contributed by atoms with Gasteiger partial charge in [0.05, 0.1) is 24.2 Å². The molecule has 0 amide bonds. The maximum atomic E-state index is 12.9. The number of piperidine rings is 1. The molecule has 0 radical (unpaired) electrons. The summed E-state index contributed by atoms with van der Waals surface area (Å²) in [7, 11) is -2.59. The fraction of sp³-hybridized carbons (Fsp3) is 0.500. The van der Waals surface area contributed by atoms with Crippen molar-refractivity contribution in [2.45, 2.75) is 37.1 Å². The smallest absolute Gasteiger partial charge is 0.337 e. The quantitative estimate of drug-likeness (QED) is 0.745. The number of rotatable bonds is 5. The molecule has 24 heavy (non-hydrogen) atoms. The van der Waals surface area contributed by atoms with Crippen LogP contribution in [0.2, 0.25) is 0 Å². The van der Waals surface area contributed by atoms with Gasteiger partial charge in [-0.05, 0) is 50.5 Å². The van der Waals surface area contributed by atoms with E-state index in [0.29, 0.717) is 12.8 Å². The summed E-state index contributed by atoms with van der Waals surface area (Å²) in [6.45, 7) is 2.16. The molecule has 1 heterocycles. The molecule has 0 bridgehead atoms. The molecule has 1 aliphatic rings. The van der Waals surface area contributed by atoms with E-state index >= 15 is 0 Å². The fourth-order valence-corrected chi connectivity index (χ4v) is 4.33. The minimum absolute atomic E-state index is 0.0337. The van der Waals surface area contributed by atoms with Crippen LogP contribution < -0.4 is 0 Å². The summed E-state index contributed by atoms with van der Waals surface area (Å²) in [6, 6.07) is 4.67. The number of hydrogen-bond acceptors (Lipinski definition) is 6. The van der Waals surface area contributed by atoms with Gasteiger partial charge < -0.3 is 9.47 Å². The summed E-state index contributed by atoms with van der Waals surface area (Å²) >= 11 is 0. The Bertz CT molecular complexity index is 698. The zero-order valence-corrected chi connectivity index (χ0v) is 14.5. The molecule has 0 aliphatic carbocycles. The van der Waals surface area contributed by atoms with Crippen molar-refractivity contribution < 1.29 is 27.5 Å². The number of carbonyl (C=O) groups excluding carboxylic acids is 2. The monoisotopic (exact) mass is 355 g/mol. The summed E-state index contributed by atoms with van der Waals surface area (Å²) in [6.07, 6.45) is 1.91. The Balaban J connectivity index is 2.29. The Morgan fingerprint density at radius 3 is 2.46 bits per heavy atom. The largest absolute Gasteiger partial charge is 0.465 e. The minimum atomic E-state index is -3.84. The van der Waals surface area contributed by atoms with Crippen LogP contribution in [-0.4, -0.2) is 51.0 Å². The second-order valence-electron chi connectivity index (χ2n) is 5.40. The lowest BCUT2D eigenvalue weighted by molar-refractivity contribution is -0.148. The first-order valence-electron chi connectivity index (χ1n) is 7.78. The minimum Gasteiger partial charge on any atom is -0.465 e. The highest BCUT2D eigenvalue weighted by atomic mass is 32.2. The van der Waals surface area contributed by atoms with Gasteiger partial charge in [0.15, 0.2) is 0 Å².